The van der Waals surface area contributed by atoms with E-state index in [2.05, 4.69) is 36.5 Å². The number of carbonyl (C=O) groups is 1. The van der Waals surface area contributed by atoms with Crippen molar-refractivity contribution in [1.29, 1.82) is 0 Å². The zero-order valence-corrected chi connectivity index (χ0v) is 18.3. The number of hydrogen-bond acceptors (Lipinski definition) is 4. The molecular formula is C27H23NO2S. The molecule has 0 fully saturated rings. The molecule has 154 valence electrons. The minimum Gasteiger partial charge on any atom is -0.495 e. The lowest BCUT2D eigenvalue weighted by molar-refractivity contribution is 0.103. The molecule has 0 atom stereocenters. The topological polar surface area (TPSA) is 38.3 Å². The van der Waals surface area contributed by atoms with Gasteiger partial charge in [0.1, 0.15) is 5.75 Å². The van der Waals surface area contributed by atoms with E-state index in [1.54, 1.807) is 18.9 Å². The van der Waals surface area contributed by atoms with E-state index in [-0.39, 0.29) is 5.78 Å². The number of nitrogens with one attached hydrogen (secondary N) is 1. The first kappa shape index (κ1) is 20.8. The van der Waals surface area contributed by atoms with Crippen LogP contribution in [0.25, 0.3) is 0 Å². The van der Waals surface area contributed by atoms with Crippen molar-refractivity contribution in [2.75, 3.05) is 12.4 Å². The second-order valence-electron chi connectivity index (χ2n) is 7.15. The summed E-state index contributed by atoms with van der Waals surface area (Å²) in [6.45, 7) is 2.08. The van der Waals surface area contributed by atoms with Gasteiger partial charge in [0.2, 0.25) is 0 Å². The Bertz CT molecular complexity index is 1170. The number of ketones is 1. The van der Waals surface area contributed by atoms with Crippen LogP contribution in [0.3, 0.4) is 0 Å². The van der Waals surface area contributed by atoms with Gasteiger partial charge in [-0.05, 0) is 55.5 Å². The van der Waals surface area contributed by atoms with Crippen LogP contribution in [0.1, 0.15) is 21.5 Å². The Morgan fingerprint density at radius 2 is 1.45 bits per heavy atom. The highest BCUT2D eigenvalue weighted by Crippen LogP contribution is 2.41. The molecule has 0 aliphatic rings. The van der Waals surface area contributed by atoms with Crippen molar-refractivity contribution in [2.45, 2.75) is 16.7 Å². The molecule has 4 aromatic carbocycles. The summed E-state index contributed by atoms with van der Waals surface area (Å²) in [4.78, 5) is 14.8. The van der Waals surface area contributed by atoms with Gasteiger partial charge in [0, 0.05) is 21.7 Å². The molecule has 4 heteroatoms. The van der Waals surface area contributed by atoms with E-state index in [0.29, 0.717) is 11.1 Å². The molecule has 4 rings (SSSR count). The van der Waals surface area contributed by atoms with Crippen molar-refractivity contribution in [1.82, 2.24) is 0 Å². The van der Waals surface area contributed by atoms with E-state index < -0.39 is 0 Å². The van der Waals surface area contributed by atoms with Crippen LogP contribution in [0.15, 0.2) is 107 Å². The molecule has 3 nitrogen and oxygen atoms in total. The monoisotopic (exact) mass is 425 g/mol. The third-order valence-electron chi connectivity index (χ3n) is 4.90. The van der Waals surface area contributed by atoms with Crippen molar-refractivity contribution < 1.29 is 9.53 Å². The minimum atomic E-state index is 0.0177. The molecule has 0 aliphatic carbocycles. The van der Waals surface area contributed by atoms with Crippen LogP contribution in [-0.2, 0) is 0 Å². The zero-order chi connectivity index (χ0) is 21.6. The summed E-state index contributed by atoms with van der Waals surface area (Å²) in [7, 11) is 1.68. The summed E-state index contributed by atoms with van der Waals surface area (Å²) < 4.78 is 5.61. The number of carbonyl (C=O) groups excluding carboxylic acids is 1. The zero-order valence-electron chi connectivity index (χ0n) is 17.5. The van der Waals surface area contributed by atoms with Crippen molar-refractivity contribution in [3.05, 3.63) is 114 Å². The van der Waals surface area contributed by atoms with Gasteiger partial charge in [-0.25, -0.2) is 0 Å². The Hall–Kier alpha value is -3.50. The fourth-order valence-corrected chi connectivity index (χ4v) is 4.21. The van der Waals surface area contributed by atoms with Crippen LogP contribution in [-0.4, -0.2) is 12.9 Å². The number of ether oxygens (including phenoxy) is 1. The fraction of sp³-hybridized carbons (Fsp3) is 0.0741. The summed E-state index contributed by atoms with van der Waals surface area (Å²) in [6, 6.07) is 31.3. The highest BCUT2D eigenvalue weighted by atomic mass is 32.2. The van der Waals surface area contributed by atoms with Crippen LogP contribution in [0.4, 0.5) is 11.4 Å². The van der Waals surface area contributed by atoms with E-state index in [0.717, 1.165) is 26.9 Å². The number of hydrogen-bond donors (Lipinski definition) is 1. The van der Waals surface area contributed by atoms with E-state index in [1.807, 2.05) is 72.8 Å². The number of rotatable bonds is 7. The molecule has 0 saturated heterocycles. The van der Waals surface area contributed by atoms with Gasteiger partial charge >= 0.3 is 0 Å². The lowest BCUT2D eigenvalue weighted by Gasteiger charge is -2.15. The number of aryl methyl sites for hydroxylation is 1. The molecule has 4 aromatic rings. The maximum atomic E-state index is 12.6. The molecule has 1 N–H and O–H groups in total. The Labute approximate surface area is 187 Å². The Morgan fingerprint density at radius 1 is 0.774 bits per heavy atom. The van der Waals surface area contributed by atoms with Gasteiger partial charge in [-0.2, -0.15) is 0 Å². The van der Waals surface area contributed by atoms with Crippen LogP contribution in [0.2, 0.25) is 0 Å². The van der Waals surface area contributed by atoms with Gasteiger partial charge in [0.05, 0.1) is 17.7 Å². The number of benzene rings is 4. The van der Waals surface area contributed by atoms with Gasteiger partial charge in [-0.15, -0.1) is 0 Å². The van der Waals surface area contributed by atoms with E-state index in [9.17, 15) is 4.79 Å². The van der Waals surface area contributed by atoms with Crippen LogP contribution >= 0.6 is 11.8 Å². The summed E-state index contributed by atoms with van der Waals surface area (Å²) in [5, 5.41) is 3.47. The Kier molecular flexibility index (Phi) is 6.39. The number of methoxy groups -OCH3 is 1. The molecule has 31 heavy (non-hydrogen) atoms. The van der Waals surface area contributed by atoms with E-state index >= 15 is 0 Å². The summed E-state index contributed by atoms with van der Waals surface area (Å²) in [5.74, 6) is 0.829. The van der Waals surface area contributed by atoms with Gasteiger partial charge in [-0.1, -0.05) is 65.9 Å². The maximum absolute atomic E-state index is 12.6. The first-order valence-corrected chi connectivity index (χ1v) is 10.8. The lowest BCUT2D eigenvalue weighted by atomic mass is 10.0. The summed E-state index contributed by atoms with van der Waals surface area (Å²) in [5.41, 5.74) is 4.44. The van der Waals surface area contributed by atoms with E-state index in [4.69, 9.17) is 4.74 Å². The number of anilines is 2. The maximum Gasteiger partial charge on any atom is 0.193 e. The van der Waals surface area contributed by atoms with Gasteiger partial charge in [-0.3, -0.25) is 4.79 Å². The minimum absolute atomic E-state index is 0.0177. The van der Waals surface area contributed by atoms with Gasteiger partial charge in [0.25, 0.3) is 0 Å². The molecule has 0 saturated carbocycles. The SMILES string of the molecule is COc1cccc(Nc2ccc(C(=O)c3ccccc3)cc2)c1Sc1ccc(C)cc1. The fourth-order valence-electron chi connectivity index (χ4n) is 3.22. The predicted octanol–water partition coefficient (Wildman–Crippen LogP) is 7.13. The second kappa shape index (κ2) is 9.54. The third-order valence-corrected chi connectivity index (χ3v) is 6.03. The quantitative estimate of drug-likeness (QED) is 0.320. The molecule has 0 aliphatic heterocycles. The first-order valence-electron chi connectivity index (χ1n) is 10.0. The van der Waals surface area contributed by atoms with Crippen molar-refractivity contribution in [2.24, 2.45) is 0 Å². The van der Waals surface area contributed by atoms with Gasteiger partial charge < -0.3 is 10.1 Å². The Morgan fingerprint density at radius 3 is 2.13 bits per heavy atom. The van der Waals surface area contributed by atoms with Gasteiger partial charge in [0.15, 0.2) is 5.78 Å². The van der Waals surface area contributed by atoms with Crippen molar-refractivity contribution in [3.63, 3.8) is 0 Å². The van der Waals surface area contributed by atoms with Crippen molar-refractivity contribution >= 4 is 28.9 Å². The first-order chi connectivity index (χ1) is 15.1. The molecule has 0 spiro atoms. The lowest BCUT2D eigenvalue weighted by Crippen LogP contribution is -2.01. The molecule has 0 radical (unpaired) electrons. The molecule has 0 heterocycles. The van der Waals surface area contributed by atoms with Crippen LogP contribution < -0.4 is 10.1 Å². The highest BCUT2D eigenvalue weighted by Gasteiger charge is 2.13. The standard InChI is InChI=1S/C27H23NO2S/c1-19-11-17-23(18-12-19)31-27-24(9-6-10-25(27)30-2)28-22-15-13-21(14-16-22)26(29)20-7-4-3-5-8-20/h3-18,28H,1-2H3. The van der Waals surface area contributed by atoms with Crippen LogP contribution in [0, 0.1) is 6.92 Å². The highest BCUT2D eigenvalue weighted by molar-refractivity contribution is 7.99. The molecule has 0 unspecified atom stereocenters. The third kappa shape index (κ3) is 4.98. The Balaban J connectivity index is 1.57. The summed E-state index contributed by atoms with van der Waals surface area (Å²) in [6.07, 6.45) is 0. The smallest absolute Gasteiger partial charge is 0.193 e. The molecule has 0 amide bonds. The second-order valence-corrected chi connectivity index (χ2v) is 8.23. The normalized spacial score (nSPS) is 10.5. The van der Waals surface area contributed by atoms with E-state index in [1.165, 1.54) is 5.56 Å². The molecular weight excluding hydrogens is 402 g/mol. The summed E-state index contributed by atoms with van der Waals surface area (Å²) >= 11 is 1.66. The van der Waals surface area contributed by atoms with Crippen LogP contribution in [0.5, 0.6) is 5.75 Å². The molecule has 0 aromatic heterocycles. The predicted molar refractivity (Wildman–Crippen MR) is 128 cm³/mol. The van der Waals surface area contributed by atoms with Crippen molar-refractivity contribution in [3.8, 4) is 5.75 Å². The largest absolute Gasteiger partial charge is 0.495 e. The average Bonchev–Trinajstić information content (AvgIpc) is 2.82. The molecule has 0 bridgehead atoms. The average molecular weight is 426 g/mol.